The molecule has 0 spiro atoms. The number of hydrogen-bond acceptors (Lipinski definition) is 1. The van der Waals surface area contributed by atoms with Crippen LogP contribution in [0.5, 0.6) is 0 Å². The van der Waals surface area contributed by atoms with Crippen LogP contribution in [0.3, 0.4) is 0 Å². The summed E-state index contributed by atoms with van der Waals surface area (Å²) in [5, 5.41) is 5.01. The van der Waals surface area contributed by atoms with Gasteiger partial charge in [0.2, 0.25) is 0 Å². The van der Waals surface area contributed by atoms with Gasteiger partial charge in [0.05, 0.1) is 11.4 Å². The molecular weight excluding hydrogens is 687 g/mol. The van der Waals surface area contributed by atoms with Crippen molar-refractivity contribution in [2.24, 2.45) is 0 Å². The van der Waals surface area contributed by atoms with Crippen molar-refractivity contribution in [1.29, 1.82) is 0 Å². The minimum atomic E-state index is 1.09. The van der Waals surface area contributed by atoms with Crippen LogP contribution < -0.4 is 4.90 Å². The predicted molar refractivity (Wildman–Crippen MR) is 243 cm³/mol. The van der Waals surface area contributed by atoms with Crippen LogP contribution in [0.4, 0.5) is 17.1 Å². The highest BCUT2D eigenvalue weighted by Gasteiger charge is 2.25. The standard InChI is InChI=1S/C56H39N/c1-6-18-40(19-7-1)46-34-36-53(52(38-46)41-20-8-2-9-21-41)57(48-27-14-5-15-28-48)54-37-35-50(47-33-32-43-31-30-42-22-16-17-29-49(42)51(43)39-47)55(44-23-10-3-11-24-44)56(54)45-25-12-4-13-26-45/h1-39H. The molecule has 0 aliphatic carbocycles. The molecule has 10 aromatic carbocycles. The third-order valence-electron chi connectivity index (χ3n) is 11.1. The summed E-state index contributed by atoms with van der Waals surface area (Å²) in [7, 11) is 0. The summed E-state index contributed by atoms with van der Waals surface area (Å²) < 4.78 is 0. The molecule has 0 N–H and O–H groups in total. The zero-order chi connectivity index (χ0) is 38.0. The lowest BCUT2D eigenvalue weighted by atomic mass is 9.85. The molecule has 0 heterocycles. The van der Waals surface area contributed by atoms with Crippen molar-refractivity contribution >= 4 is 38.6 Å². The SMILES string of the molecule is c1ccc(-c2ccc(N(c3ccccc3)c3ccc(-c4ccc5ccc6ccccc6c5c4)c(-c4ccccc4)c3-c3ccccc3)c(-c3ccccc3)c2)cc1. The van der Waals surface area contributed by atoms with E-state index in [0.717, 1.165) is 33.8 Å². The zero-order valence-corrected chi connectivity index (χ0v) is 31.5. The number of nitrogens with zero attached hydrogens (tertiary/aromatic N) is 1. The first-order valence-electron chi connectivity index (χ1n) is 19.6. The maximum Gasteiger partial charge on any atom is 0.0546 e. The van der Waals surface area contributed by atoms with E-state index in [1.165, 1.54) is 60.5 Å². The van der Waals surface area contributed by atoms with E-state index in [0.29, 0.717) is 0 Å². The fraction of sp³-hybridized carbons (Fsp3) is 0. The number of fused-ring (bicyclic) bond motifs is 3. The average Bonchev–Trinajstić information content (AvgIpc) is 3.30. The Hall–Kier alpha value is -7.48. The van der Waals surface area contributed by atoms with E-state index in [9.17, 15) is 0 Å². The average molecular weight is 726 g/mol. The number of anilines is 3. The lowest BCUT2D eigenvalue weighted by Crippen LogP contribution is -2.13. The van der Waals surface area contributed by atoms with Gasteiger partial charge in [-0.2, -0.15) is 0 Å². The number of para-hydroxylation sites is 1. The first-order chi connectivity index (χ1) is 28.3. The van der Waals surface area contributed by atoms with E-state index in [4.69, 9.17) is 0 Å². The number of hydrogen-bond donors (Lipinski definition) is 0. The Morgan fingerprint density at radius 1 is 0.246 bits per heavy atom. The summed E-state index contributed by atoms with van der Waals surface area (Å²) in [6.45, 7) is 0. The van der Waals surface area contributed by atoms with Gasteiger partial charge >= 0.3 is 0 Å². The Balaban J connectivity index is 1.29. The fourth-order valence-electron chi connectivity index (χ4n) is 8.36. The maximum absolute atomic E-state index is 2.46. The van der Waals surface area contributed by atoms with Crippen LogP contribution in [0.2, 0.25) is 0 Å². The van der Waals surface area contributed by atoms with E-state index in [2.05, 4.69) is 241 Å². The molecule has 268 valence electrons. The molecule has 57 heavy (non-hydrogen) atoms. The fourth-order valence-corrected chi connectivity index (χ4v) is 8.36. The zero-order valence-electron chi connectivity index (χ0n) is 31.5. The van der Waals surface area contributed by atoms with Gasteiger partial charge in [0, 0.05) is 16.8 Å². The van der Waals surface area contributed by atoms with Gasteiger partial charge in [0.15, 0.2) is 0 Å². The lowest BCUT2D eigenvalue weighted by Gasteiger charge is -2.32. The summed E-state index contributed by atoms with van der Waals surface area (Å²) in [5.74, 6) is 0. The van der Waals surface area contributed by atoms with Crippen LogP contribution >= 0.6 is 0 Å². The van der Waals surface area contributed by atoms with Gasteiger partial charge in [-0.05, 0) is 102 Å². The molecule has 0 aliphatic heterocycles. The van der Waals surface area contributed by atoms with Crippen molar-refractivity contribution in [3.8, 4) is 55.6 Å². The summed E-state index contributed by atoms with van der Waals surface area (Å²) >= 11 is 0. The Morgan fingerprint density at radius 3 is 1.40 bits per heavy atom. The molecule has 0 radical (unpaired) electrons. The van der Waals surface area contributed by atoms with Gasteiger partial charge in [-0.3, -0.25) is 0 Å². The Morgan fingerprint density at radius 2 is 0.737 bits per heavy atom. The van der Waals surface area contributed by atoms with Gasteiger partial charge in [-0.15, -0.1) is 0 Å². The summed E-state index contributed by atoms with van der Waals surface area (Å²) in [4.78, 5) is 2.46. The Kier molecular flexibility index (Phi) is 8.95. The molecule has 0 saturated carbocycles. The maximum atomic E-state index is 2.46. The van der Waals surface area contributed by atoms with Gasteiger partial charge in [-0.1, -0.05) is 200 Å². The van der Waals surface area contributed by atoms with Crippen LogP contribution in [0, 0.1) is 0 Å². The van der Waals surface area contributed by atoms with E-state index < -0.39 is 0 Å². The lowest BCUT2D eigenvalue weighted by molar-refractivity contribution is 1.28. The first-order valence-corrected chi connectivity index (χ1v) is 19.6. The van der Waals surface area contributed by atoms with Gasteiger partial charge in [-0.25, -0.2) is 0 Å². The largest absolute Gasteiger partial charge is 0.309 e. The van der Waals surface area contributed by atoms with Crippen molar-refractivity contribution in [1.82, 2.24) is 0 Å². The van der Waals surface area contributed by atoms with Gasteiger partial charge in [0.25, 0.3) is 0 Å². The molecule has 0 atom stereocenters. The number of benzene rings is 10. The third-order valence-corrected chi connectivity index (χ3v) is 11.1. The molecule has 0 aromatic heterocycles. The summed E-state index contributed by atoms with van der Waals surface area (Å²) in [6.07, 6.45) is 0. The molecule has 0 bridgehead atoms. The molecule has 0 unspecified atom stereocenters. The minimum Gasteiger partial charge on any atom is -0.309 e. The van der Waals surface area contributed by atoms with Crippen molar-refractivity contribution in [2.75, 3.05) is 4.90 Å². The van der Waals surface area contributed by atoms with E-state index in [1.54, 1.807) is 0 Å². The van der Waals surface area contributed by atoms with Gasteiger partial charge in [0.1, 0.15) is 0 Å². The van der Waals surface area contributed by atoms with Crippen molar-refractivity contribution in [3.05, 3.63) is 237 Å². The van der Waals surface area contributed by atoms with Crippen LogP contribution in [0.15, 0.2) is 237 Å². The molecule has 0 amide bonds. The van der Waals surface area contributed by atoms with Crippen LogP contribution in [-0.2, 0) is 0 Å². The molecule has 1 nitrogen and oxygen atoms in total. The molecule has 0 saturated heterocycles. The second-order valence-electron chi connectivity index (χ2n) is 14.5. The molecule has 10 rings (SSSR count). The van der Waals surface area contributed by atoms with Crippen LogP contribution in [0.25, 0.3) is 77.2 Å². The topological polar surface area (TPSA) is 3.24 Å². The van der Waals surface area contributed by atoms with E-state index >= 15 is 0 Å². The summed E-state index contributed by atoms with van der Waals surface area (Å²) in [6, 6.07) is 85.8. The van der Waals surface area contributed by atoms with Crippen molar-refractivity contribution in [3.63, 3.8) is 0 Å². The Bertz CT molecular complexity index is 2970. The normalized spacial score (nSPS) is 11.2. The number of rotatable bonds is 8. The van der Waals surface area contributed by atoms with Crippen LogP contribution in [0.1, 0.15) is 0 Å². The predicted octanol–water partition coefficient (Wildman–Crippen LogP) is 15.8. The highest BCUT2D eigenvalue weighted by atomic mass is 15.1. The quantitative estimate of drug-likeness (QED) is 0.141. The monoisotopic (exact) mass is 725 g/mol. The first kappa shape index (κ1) is 34.0. The highest BCUT2D eigenvalue weighted by molar-refractivity contribution is 6.10. The van der Waals surface area contributed by atoms with Crippen molar-refractivity contribution in [2.45, 2.75) is 0 Å². The smallest absolute Gasteiger partial charge is 0.0546 e. The van der Waals surface area contributed by atoms with Gasteiger partial charge < -0.3 is 4.90 Å². The second-order valence-corrected chi connectivity index (χ2v) is 14.5. The minimum absolute atomic E-state index is 1.09. The Labute approximate surface area is 334 Å². The summed E-state index contributed by atoms with van der Waals surface area (Å²) in [5.41, 5.74) is 15.1. The second kappa shape index (κ2) is 15.0. The highest BCUT2D eigenvalue weighted by Crippen LogP contribution is 2.51. The molecule has 0 aliphatic rings. The molecular formula is C56H39N. The van der Waals surface area contributed by atoms with E-state index in [-0.39, 0.29) is 0 Å². The van der Waals surface area contributed by atoms with E-state index in [1.807, 2.05) is 0 Å². The molecule has 10 aromatic rings. The van der Waals surface area contributed by atoms with Crippen molar-refractivity contribution < 1.29 is 0 Å². The molecule has 1 heteroatoms. The third kappa shape index (κ3) is 6.46. The van der Waals surface area contributed by atoms with Crippen LogP contribution in [-0.4, -0.2) is 0 Å². The molecule has 0 fully saturated rings.